The van der Waals surface area contributed by atoms with Crippen LogP contribution in [0.4, 0.5) is 0 Å². The van der Waals surface area contributed by atoms with Crippen LogP contribution in [0.1, 0.15) is 50.2 Å². The lowest BCUT2D eigenvalue weighted by atomic mass is 9.97. The van der Waals surface area contributed by atoms with E-state index in [1.807, 2.05) is 0 Å². The molecule has 1 unspecified atom stereocenters. The van der Waals surface area contributed by atoms with Crippen LogP contribution >= 0.6 is 11.5 Å². The summed E-state index contributed by atoms with van der Waals surface area (Å²) < 4.78 is 9.40. The molecule has 17 heavy (non-hydrogen) atoms. The maximum atomic E-state index is 5.62. The van der Waals surface area contributed by atoms with Gasteiger partial charge in [-0.05, 0) is 44.6 Å². The number of hydrogen-bond acceptors (Lipinski definition) is 6. The molecule has 0 aromatic carbocycles. The van der Waals surface area contributed by atoms with E-state index < -0.39 is 0 Å². The minimum absolute atomic E-state index is 0.111. The lowest BCUT2D eigenvalue weighted by Crippen LogP contribution is -2.31. The third kappa shape index (κ3) is 3.99. The summed E-state index contributed by atoms with van der Waals surface area (Å²) in [5, 5.41) is 4.11. The van der Waals surface area contributed by atoms with E-state index in [0.29, 0.717) is 0 Å². The van der Waals surface area contributed by atoms with Gasteiger partial charge in [0, 0.05) is 7.11 Å². The van der Waals surface area contributed by atoms with Gasteiger partial charge in [-0.3, -0.25) is 11.3 Å². The van der Waals surface area contributed by atoms with E-state index in [1.54, 1.807) is 7.11 Å². The molecule has 0 spiro atoms. The van der Waals surface area contributed by atoms with Gasteiger partial charge in [-0.15, -0.1) is 5.10 Å². The van der Waals surface area contributed by atoms with Gasteiger partial charge < -0.3 is 4.74 Å². The second kappa shape index (κ2) is 6.39. The first-order valence-corrected chi connectivity index (χ1v) is 6.63. The Morgan fingerprint density at radius 1 is 1.53 bits per heavy atom. The second-order valence-electron chi connectivity index (χ2n) is 4.66. The van der Waals surface area contributed by atoms with Crippen LogP contribution in [-0.4, -0.2) is 22.3 Å². The first-order chi connectivity index (χ1) is 8.04. The van der Waals surface area contributed by atoms with E-state index in [4.69, 9.17) is 10.6 Å². The van der Waals surface area contributed by atoms with Crippen molar-refractivity contribution in [3.63, 3.8) is 0 Å². The summed E-state index contributed by atoms with van der Waals surface area (Å²) in [4.78, 5) is 1.14. The van der Waals surface area contributed by atoms with Crippen molar-refractivity contribution in [3.8, 4) is 0 Å². The zero-order chi connectivity index (χ0) is 12.9. The molecule has 1 rings (SSSR count). The molecular formula is C11H22N4OS. The SMILES string of the molecule is CCc1nnsc1C(CCC(C)(C)OC)NN. The zero-order valence-electron chi connectivity index (χ0n) is 11.0. The summed E-state index contributed by atoms with van der Waals surface area (Å²) in [6.45, 7) is 6.23. The first kappa shape index (κ1) is 14.5. The third-order valence-corrected chi connectivity index (χ3v) is 3.91. The predicted molar refractivity (Wildman–Crippen MR) is 69.7 cm³/mol. The van der Waals surface area contributed by atoms with E-state index in [2.05, 4.69) is 35.8 Å². The van der Waals surface area contributed by atoms with Crippen LogP contribution in [0.25, 0.3) is 0 Å². The van der Waals surface area contributed by atoms with Crippen molar-refractivity contribution in [2.45, 2.75) is 51.7 Å². The summed E-state index contributed by atoms with van der Waals surface area (Å²) in [5.74, 6) is 5.62. The largest absolute Gasteiger partial charge is 0.379 e. The van der Waals surface area contributed by atoms with E-state index >= 15 is 0 Å². The van der Waals surface area contributed by atoms with Crippen LogP contribution in [-0.2, 0) is 11.2 Å². The van der Waals surface area contributed by atoms with Gasteiger partial charge in [0.2, 0.25) is 0 Å². The van der Waals surface area contributed by atoms with Gasteiger partial charge >= 0.3 is 0 Å². The van der Waals surface area contributed by atoms with E-state index in [1.165, 1.54) is 11.5 Å². The Balaban J connectivity index is 2.66. The monoisotopic (exact) mass is 258 g/mol. The van der Waals surface area contributed by atoms with Gasteiger partial charge in [0.05, 0.1) is 22.2 Å². The van der Waals surface area contributed by atoms with Crippen LogP contribution < -0.4 is 11.3 Å². The highest BCUT2D eigenvalue weighted by molar-refractivity contribution is 7.05. The fourth-order valence-electron chi connectivity index (χ4n) is 1.61. The smallest absolute Gasteiger partial charge is 0.0801 e. The Hall–Kier alpha value is -0.560. The molecule has 98 valence electrons. The van der Waals surface area contributed by atoms with E-state index in [-0.39, 0.29) is 11.6 Å². The predicted octanol–water partition coefficient (Wildman–Crippen LogP) is 1.81. The Labute approximate surface area is 107 Å². The average Bonchev–Trinajstić information content (AvgIpc) is 2.78. The molecule has 0 aliphatic heterocycles. The van der Waals surface area contributed by atoms with Crippen molar-refractivity contribution in [1.29, 1.82) is 0 Å². The zero-order valence-corrected chi connectivity index (χ0v) is 11.8. The summed E-state index contributed by atoms with van der Waals surface area (Å²) in [5.41, 5.74) is 3.76. The molecule has 0 bridgehead atoms. The Morgan fingerprint density at radius 2 is 2.24 bits per heavy atom. The number of aryl methyl sites for hydroxylation is 1. The Bertz CT molecular complexity index is 340. The van der Waals surface area contributed by atoms with Crippen LogP contribution in [0.3, 0.4) is 0 Å². The van der Waals surface area contributed by atoms with Gasteiger partial charge in [-0.25, -0.2) is 0 Å². The Kier molecular flexibility index (Phi) is 5.45. The van der Waals surface area contributed by atoms with Gasteiger partial charge in [0.25, 0.3) is 0 Å². The number of hydrogen-bond donors (Lipinski definition) is 2. The fraction of sp³-hybridized carbons (Fsp3) is 0.818. The second-order valence-corrected chi connectivity index (χ2v) is 5.44. The van der Waals surface area contributed by atoms with Gasteiger partial charge in [0.1, 0.15) is 0 Å². The van der Waals surface area contributed by atoms with Crippen molar-refractivity contribution in [2.75, 3.05) is 7.11 Å². The molecule has 0 amide bonds. The topological polar surface area (TPSA) is 73.1 Å². The molecule has 1 aromatic heterocycles. The molecule has 5 nitrogen and oxygen atoms in total. The highest BCUT2D eigenvalue weighted by atomic mass is 32.1. The van der Waals surface area contributed by atoms with Crippen LogP contribution in [0, 0.1) is 0 Å². The quantitative estimate of drug-likeness (QED) is 0.576. The normalized spacial score (nSPS) is 13.9. The lowest BCUT2D eigenvalue weighted by Gasteiger charge is -2.25. The fourth-order valence-corrected chi connectivity index (χ4v) is 2.44. The van der Waals surface area contributed by atoms with Gasteiger partial charge in [0.15, 0.2) is 0 Å². The van der Waals surface area contributed by atoms with Crippen molar-refractivity contribution >= 4 is 11.5 Å². The lowest BCUT2D eigenvalue weighted by molar-refractivity contribution is 0.0117. The number of ether oxygens (including phenoxy) is 1. The molecule has 0 saturated carbocycles. The molecule has 1 aromatic rings. The van der Waals surface area contributed by atoms with E-state index in [9.17, 15) is 0 Å². The standard InChI is InChI=1S/C11H22N4OS/c1-5-8-10(17-15-14-8)9(13-12)6-7-11(2,3)16-4/h9,13H,5-7,12H2,1-4H3. The van der Waals surface area contributed by atoms with Crippen LogP contribution in [0.2, 0.25) is 0 Å². The van der Waals surface area contributed by atoms with Crippen molar-refractivity contribution < 1.29 is 4.74 Å². The van der Waals surface area contributed by atoms with E-state index in [0.717, 1.165) is 29.8 Å². The van der Waals surface area contributed by atoms with Crippen molar-refractivity contribution in [2.24, 2.45) is 5.84 Å². The summed E-state index contributed by atoms with van der Waals surface area (Å²) in [6.07, 6.45) is 2.73. The maximum Gasteiger partial charge on any atom is 0.0801 e. The average molecular weight is 258 g/mol. The molecule has 0 radical (unpaired) electrons. The molecule has 0 fully saturated rings. The number of aromatic nitrogens is 2. The number of methoxy groups -OCH3 is 1. The molecular weight excluding hydrogens is 236 g/mol. The highest BCUT2D eigenvalue weighted by Crippen LogP contribution is 2.27. The van der Waals surface area contributed by atoms with Gasteiger partial charge in [-0.1, -0.05) is 11.4 Å². The van der Waals surface area contributed by atoms with Gasteiger partial charge in [-0.2, -0.15) is 0 Å². The highest BCUT2D eigenvalue weighted by Gasteiger charge is 2.22. The molecule has 6 heteroatoms. The molecule has 0 saturated heterocycles. The minimum atomic E-state index is -0.125. The van der Waals surface area contributed by atoms with Crippen LogP contribution in [0.15, 0.2) is 0 Å². The summed E-state index contributed by atoms with van der Waals surface area (Å²) >= 11 is 1.42. The number of nitrogens with two attached hydrogens (primary N) is 1. The van der Waals surface area contributed by atoms with Crippen molar-refractivity contribution in [3.05, 3.63) is 10.6 Å². The molecule has 0 aliphatic carbocycles. The number of rotatable bonds is 7. The Morgan fingerprint density at radius 3 is 2.76 bits per heavy atom. The third-order valence-electron chi connectivity index (χ3n) is 3.03. The van der Waals surface area contributed by atoms with Crippen molar-refractivity contribution in [1.82, 2.24) is 15.0 Å². The minimum Gasteiger partial charge on any atom is -0.379 e. The molecule has 1 atom stereocenters. The number of nitrogens with one attached hydrogen (secondary N) is 1. The first-order valence-electron chi connectivity index (χ1n) is 5.86. The van der Waals surface area contributed by atoms with Crippen LogP contribution in [0.5, 0.6) is 0 Å². The molecule has 0 aliphatic rings. The molecule has 3 N–H and O–H groups in total. The molecule has 1 heterocycles. The summed E-state index contributed by atoms with van der Waals surface area (Å²) in [6, 6.07) is 0.111. The number of nitrogens with zero attached hydrogens (tertiary/aromatic N) is 2. The summed E-state index contributed by atoms with van der Waals surface area (Å²) in [7, 11) is 1.73. The maximum absolute atomic E-state index is 5.62. The number of hydrazine groups is 1.